The summed E-state index contributed by atoms with van der Waals surface area (Å²) in [4.78, 5) is 29.8. The molecule has 0 bridgehead atoms. The van der Waals surface area contributed by atoms with Gasteiger partial charge in [0.05, 0.1) is 29.8 Å². The first-order chi connectivity index (χ1) is 16.1. The first-order valence-electron chi connectivity index (χ1n) is 10.6. The predicted molar refractivity (Wildman–Crippen MR) is 136 cm³/mol. The third-order valence-electron chi connectivity index (χ3n) is 5.32. The molecule has 0 saturated heterocycles. The van der Waals surface area contributed by atoms with E-state index in [0.29, 0.717) is 33.8 Å². The van der Waals surface area contributed by atoms with Gasteiger partial charge in [-0.2, -0.15) is 9.78 Å². The van der Waals surface area contributed by atoms with Crippen LogP contribution >= 0.6 is 15.9 Å². The Kier molecular flexibility index (Phi) is 6.27. The second kappa shape index (κ2) is 9.02. The molecule has 34 heavy (non-hydrogen) atoms. The van der Waals surface area contributed by atoms with Crippen LogP contribution in [0, 0.1) is 6.92 Å². The standard InChI is InChI=1S/C26H24BrN3O4/c1-15-12-16(24(32)33-5)6-9-19(15)22-11-8-18(34-22)14-28-30-23(31)20-13-17(27)7-10-21(20)29-25(30)26(2,3)4/h6-14H,1-5H3. The van der Waals surface area contributed by atoms with Crippen LogP contribution in [0.1, 0.15) is 48.3 Å². The number of halogens is 1. The second-order valence-electron chi connectivity index (χ2n) is 8.93. The molecule has 0 unspecified atom stereocenters. The SMILES string of the molecule is COC(=O)c1ccc(-c2ccc(C=Nn3c(C(C)(C)C)nc4ccc(Br)cc4c3=O)o2)c(C)c1. The van der Waals surface area contributed by atoms with Gasteiger partial charge in [-0.15, -0.1) is 0 Å². The van der Waals surface area contributed by atoms with Crippen LogP contribution in [0.15, 0.2) is 67.3 Å². The van der Waals surface area contributed by atoms with Crippen molar-refractivity contribution in [1.29, 1.82) is 0 Å². The van der Waals surface area contributed by atoms with Crippen LogP contribution in [0.4, 0.5) is 0 Å². The van der Waals surface area contributed by atoms with Crippen molar-refractivity contribution in [2.45, 2.75) is 33.1 Å². The molecule has 0 aliphatic carbocycles. The van der Waals surface area contributed by atoms with E-state index >= 15 is 0 Å². The lowest BCUT2D eigenvalue weighted by atomic mass is 9.95. The van der Waals surface area contributed by atoms with E-state index in [9.17, 15) is 9.59 Å². The number of hydrogen-bond donors (Lipinski definition) is 0. The Balaban J connectivity index is 1.73. The highest BCUT2D eigenvalue weighted by Crippen LogP contribution is 2.27. The van der Waals surface area contributed by atoms with Crippen molar-refractivity contribution in [2.75, 3.05) is 7.11 Å². The summed E-state index contributed by atoms with van der Waals surface area (Å²) in [5, 5.41) is 4.92. The minimum Gasteiger partial charge on any atom is -0.465 e. The number of aromatic nitrogens is 2. The number of fused-ring (bicyclic) bond motifs is 1. The number of esters is 1. The Bertz CT molecular complexity index is 1490. The monoisotopic (exact) mass is 521 g/mol. The van der Waals surface area contributed by atoms with E-state index in [2.05, 4.69) is 21.0 Å². The van der Waals surface area contributed by atoms with E-state index in [0.717, 1.165) is 15.6 Å². The largest absolute Gasteiger partial charge is 0.465 e. The lowest BCUT2D eigenvalue weighted by Gasteiger charge is -2.20. The predicted octanol–water partition coefficient (Wildman–Crippen LogP) is 5.69. The van der Waals surface area contributed by atoms with Gasteiger partial charge >= 0.3 is 5.97 Å². The fraction of sp³-hybridized carbons (Fsp3) is 0.231. The average Bonchev–Trinajstić information content (AvgIpc) is 3.26. The molecule has 0 radical (unpaired) electrons. The minimum atomic E-state index is -0.412. The highest BCUT2D eigenvalue weighted by atomic mass is 79.9. The quantitative estimate of drug-likeness (QED) is 0.254. The van der Waals surface area contributed by atoms with Gasteiger partial charge in [0.2, 0.25) is 0 Å². The molecule has 0 fully saturated rings. The highest BCUT2D eigenvalue weighted by Gasteiger charge is 2.23. The van der Waals surface area contributed by atoms with Crippen LogP contribution < -0.4 is 5.56 Å². The Labute approximate surface area is 205 Å². The summed E-state index contributed by atoms with van der Waals surface area (Å²) in [6.45, 7) is 7.85. The lowest BCUT2D eigenvalue weighted by Crippen LogP contribution is -2.29. The topological polar surface area (TPSA) is 86.7 Å². The first kappa shape index (κ1) is 23.6. The molecule has 4 rings (SSSR count). The average molecular weight is 522 g/mol. The number of furan rings is 1. The lowest BCUT2D eigenvalue weighted by molar-refractivity contribution is 0.0600. The minimum absolute atomic E-state index is 0.256. The number of rotatable bonds is 4. The van der Waals surface area contributed by atoms with E-state index in [1.165, 1.54) is 18.0 Å². The fourth-order valence-corrected chi connectivity index (χ4v) is 3.97. The fourth-order valence-electron chi connectivity index (χ4n) is 3.61. The normalized spacial score (nSPS) is 11.9. The third-order valence-corrected chi connectivity index (χ3v) is 5.81. The van der Waals surface area contributed by atoms with Gasteiger partial charge in [-0.1, -0.05) is 42.8 Å². The molecule has 2 aromatic carbocycles. The van der Waals surface area contributed by atoms with Crippen molar-refractivity contribution >= 4 is 39.0 Å². The number of hydrogen-bond acceptors (Lipinski definition) is 6. The number of benzene rings is 2. The number of carbonyl (C=O) groups excluding carboxylic acids is 1. The Morgan fingerprint density at radius 3 is 2.59 bits per heavy atom. The third kappa shape index (κ3) is 4.59. The maximum atomic E-state index is 13.3. The van der Waals surface area contributed by atoms with Crippen molar-refractivity contribution < 1.29 is 13.9 Å². The van der Waals surface area contributed by atoms with E-state index in [1.807, 2.05) is 52.0 Å². The molecule has 2 aromatic heterocycles. The summed E-state index contributed by atoms with van der Waals surface area (Å²) in [5.74, 6) is 1.26. The summed E-state index contributed by atoms with van der Waals surface area (Å²) in [6, 6.07) is 14.3. The second-order valence-corrected chi connectivity index (χ2v) is 9.85. The van der Waals surface area contributed by atoms with Crippen LogP contribution in [0.2, 0.25) is 0 Å². The zero-order valence-electron chi connectivity index (χ0n) is 19.5. The van der Waals surface area contributed by atoms with Gasteiger partial charge in [0.1, 0.15) is 17.3 Å². The van der Waals surface area contributed by atoms with Gasteiger partial charge in [0.15, 0.2) is 0 Å². The number of nitrogens with zero attached hydrogens (tertiary/aromatic N) is 3. The molecule has 0 spiro atoms. The summed E-state index contributed by atoms with van der Waals surface area (Å²) < 4.78 is 12.9. The number of carbonyl (C=O) groups is 1. The van der Waals surface area contributed by atoms with Gasteiger partial charge in [-0.05, 0) is 55.0 Å². The molecular formula is C26H24BrN3O4. The summed E-state index contributed by atoms with van der Waals surface area (Å²) in [5.41, 5.74) is 2.14. The van der Waals surface area contributed by atoms with E-state index in [1.54, 1.807) is 24.3 Å². The van der Waals surface area contributed by atoms with E-state index in [-0.39, 0.29) is 5.56 Å². The molecule has 0 N–H and O–H groups in total. The van der Waals surface area contributed by atoms with Crippen molar-refractivity contribution in [1.82, 2.24) is 9.66 Å². The Morgan fingerprint density at radius 1 is 1.15 bits per heavy atom. The van der Waals surface area contributed by atoms with Crippen LogP contribution in [-0.2, 0) is 10.2 Å². The maximum absolute atomic E-state index is 13.3. The zero-order chi connectivity index (χ0) is 24.6. The van der Waals surface area contributed by atoms with Crippen molar-refractivity contribution in [3.05, 3.63) is 86.1 Å². The molecule has 0 saturated carbocycles. The molecule has 0 atom stereocenters. The molecule has 0 aliphatic heterocycles. The van der Waals surface area contributed by atoms with Crippen LogP contribution in [0.25, 0.3) is 22.2 Å². The molecular weight excluding hydrogens is 498 g/mol. The maximum Gasteiger partial charge on any atom is 0.337 e. The Hall–Kier alpha value is -3.52. The molecule has 4 aromatic rings. The van der Waals surface area contributed by atoms with Crippen LogP contribution in [0.3, 0.4) is 0 Å². The smallest absolute Gasteiger partial charge is 0.337 e. The van der Waals surface area contributed by atoms with Crippen LogP contribution in [-0.4, -0.2) is 29.0 Å². The van der Waals surface area contributed by atoms with Gasteiger partial charge < -0.3 is 9.15 Å². The number of methoxy groups -OCH3 is 1. The Morgan fingerprint density at radius 2 is 1.91 bits per heavy atom. The van der Waals surface area contributed by atoms with Crippen molar-refractivity contribution in [3.8, 4) is 11.3 Å². The summed E-state index contributed by atoms with van der Waals surface area (Å²) >= 11 is 3.42. The van der Waals surface area contributed by atoms with E-state index < -0.39 is 11.4 Å². The van der Waals surface area contributed by atoms with Gasteiger partial charge in [0.25, 0.3) is 5.56 Å². The highest BCUT2D eigenvalue weighted by molar-refractivity contribution is 9.10. The molecule has 7 nitrogen and oxygen atoms in total. The molecule has 0 amide bonds. The molecule has 2 heterocycles. The van der Waals surface area contributed by atoms with E-state index in [4.69, 9.17) is 14.1 Å². The zero-order valence-corrected chi connectivity index (χ0v) is 21.1. The van der Waals surface area contributed by atoms with Gasteiger partial charge in [-0.3, -0.25) is 4.79 Å². The van der Waals surface area contributed by atoms with Gasteiger partial charge in [0, 0.05) is 15.5 Å². The molecule has 0 aliphatic rings. The number of ether oxygens (including phenoxy) is 1. The number of aryl methyl sites for hydroxylation is 1. The summed E-state index contributed by atoms with van der Waals surface area (Å²) in [6.07, 6.45) is 1.50. The van der Waals surface area contributed by atoms with Crippen LogP contribution in [0.5, 0.6) is 0 Å². The molecule has 174 valence electrons. The summed E-state index contributed by atoms with van der Waals surface area (Å²) in [7, 11) is 1.35. The first-order valence-corrected chi connectivity index (χ1v) is 11.4. The molecule has 8 heteroatoms. The van der Waals surface area contributed by atoms with Crippen molar-refractivity contribution in [2.24, 2.45) is 5.10 Å². The van der Waals surface area contributed by atoms with Crippen molar-refractivity contribution in [3.63, 3.8) is 0 Å². The van der Waals surface area contributed by atoms with Gasteiger partial charge in [-0.25, -0.2) is 9.78 Å².